The number of anilines is 1. The van der Waals surface area contributed by atoms with E-state index in [1.807, 2.05) is 19.1 Å². The molecule has 1 aromatic rings. The second-order valence-electron chi connectivity index (χ2n) is 4.53. The Balaban J connectivity index is 2.02. The molecule has 0 aromatic heterocycles. The molecule has 2 N–H and O–H groups in total. The minimum atomic E-state index is -1.05. The summed E-state index contributed by atoms with van der Waals surface area (Å²) in [4.78, 5) is 24.5. The number of rotatable bonds is 2. The highest BCUT2D eigenvalue weighted by Crippen LogP contribution is 2.20. The Morgan fingerprint density at radius 2 is 2.25 bits per heavy atom. The lowest BCUT2D eigenvalue weighted by atomic mass is 10.2. The van der Waals surface area contributed by atoms with Gasteiger partial charge in [-0.25, -0.2) is 9.59 Å². The molecular formula is C13H15BrN2O4. The van der Waals surface area contributed by atoms with Crippen LogP contribution in [0.2, 0.25) is 0 Å². The molecule has 2 amide bonds. The summed E-state index contributed by atoms with van der Waals surface area (Å²) in [6.07, 6.45) is -0.958. The molecule has 0 spiro atoms. The molecule has 1 aliphatic rings. The lowest BCUT2D eigenvalue weighted by molar-refractivity contribution is -0.154. The van der Waals surface area contributed by atoms with Gasteiger partial charge >= 0.3 is 12.0 Å². The van der Waals surface area contributed by atoms with Crippen molar-refractivity contribution in [2.45, 2.75) is 13.0 Å². The molecule has 1 atom stereocenters. The third-order valence-electron chi connectivity index (χ3n) is 3.06. The van der Waals surface area contributed by atoms with Crippen molar-refractivity contribution in [1.29, 1.82) is 0 Å². The van der Waals surface area contributed by atoms with Crippen molar-refractivity contribution in [2.75, 3.05) is 25.0 Å². The predicted molar refractivity (Wildman–Crippen MR) is 76.8 cm³/mol. The Kier molecular flexibility index (Phi) is 4.61. The zero-order valence-electron chi connectivity index (χ0n) is 10.9. The molecule has 0 radical (unpaired) electrons. The number of amides is 2. The first-order valence-electron chi connectivity index (χ1n) is 6.14. The summed E-state index contributed by atoms with van der Waals surface area (Å²) in [5.74, 6) is -1.05. The van der Waals surface area contributed by atoms with Gasteiger partial charge in [0.1, 0.15) is 0 Å². The van der Waals surface area contributed by atoms with Crippen LogP contribution in [0.4, 0.5) is 10.5 Å². The Bertz CT molecular complexity index is 535. The standard InChI is InChI=1S/C13H15BrN2O4/c1-8-6-9(14)2-3-10(8)15-13(19)16-4-5-20-11(7-16)12(17)18/h2-3,6,11H,4-5,7H2,1H3,(H,15,19)(H,17,18). The number of nitrogens with zero attached hydrogens (tertiary/aromatic N) is 1. The molecule has 2 rings (SSSR count). The first-order valence-corrected chi connectivity index (χ1v) is 6.93. The first-order chi connectivity index (χ1) is 9.47. The molecule has 20 heavy (non-hydrogen) atoms. The van der Waals surface area contributed by atoms with E-state index in [9.17, 15) is 9.59 Å². The second-order valence-corrected chi connectivity index (χ2v) is 5.45. The molecule has 1 aromatic carbocycles. The quantitative estimate of drug-likeness (QED) is 0.862. The molecule has 0 saturated carbocycles. The van der Waals surface area contributed by atoms with E-state index in [0.717, 1.165) is 10.0 Å². The van der Waals surface area contributed by atoms with Gasteiger partial charge in [-0.1, -0.05) is 15.9 Å². The molecule has 1 saturated heterocycles. The number of aryl methyl sites for hydroxylation is 1. The highest BCUT2D eigenvalue weighted by atomic mass is 79.9. The summed E-state index contributed by atoms with van der Waals surface area (Å²) in [7, 11) is 0. The van der Waals surface area contributed by atoms with Crippen molar-refractivity contribution >= 4 is 33.6 Å². The van der Waals surface area contributed by atoms with Crippen LogP contribution in [0, 0.1) is 6.92 Å². The van der Waals surface area contributed by atoms with Crippen molar-refractivity contribution < 1.29 is 19.4 Å². The number of ether oxygens (including phenoxy) is 1. The SMILES string of the molecule is Cc1cc(Br)ccc1NC(=O)N1CCOC(C(=O)O)C1. The number of carbonyl (C=O) groups excluding carboxylic acids is 1. The van der Waals surface area contributed by atoms with Gasteiger partial charge in [0.25, 0.3) is 0 Å². The summed E-state index contributed by atoms with van der Waals surface area (Å²) in [6, 6.07) is 5.22. The van der Waals surface area contributed by atoms with E-state index in [1.165, 1.54) is 4.90 Å². The zero-order valence-corrected chi connectivity index (χ0v) is 12.5. The van der Waals surface area contributed by atoms with Crippen LogP contribution in [0.3, 0.4) is 0 Å². The summed E-state index contributed by atoms with van der Waals surface area (Å²) < 4.78 is 6.02. The van der Waals surface area contributed by atoms with Gasteiger partial charge in [-0.05, 0) is 30.7 Å². The number of benzene rings is 1. The number of halogens is 1. The van der Waals surface area contributed by atoms with Crippen molar-refractivity contribution in [2.24, 2.45) is 0 Å². The summed E-state index contributed by atoms with van der Waals surface area (Å²) >= 11 is 3.36. The Labute approximate surface area is 124 Å². The number of urea groups is 1. The maximum Gasteiger partial charge on any atom is 0.334 e. The third kappa shape index (κ3) is 3.49. The number of hydrogen-bond acceptors (Lipinski definition) is 3. The Morgan fingerprint density at radius 3 is 2.90 bits per heavy atom. The van der Waals surface area contributed by atoms with E-state index in [1.54, 1.807) is 6.07 Å². The second kappa shape index (κ2) is 6.23. The van der Waals surface area contributed by atoms with Crippen LogP contribution in [0.15, 0.2) is 22.7 Å². The lowest BCUT2D eigenvalue weighted by Gasteiger charge is -2.31. The molecule has 6 nitrogen and oxygen atoms in total. The van der Waals surface area contributed by atoms with Gasteiger partial charge < -0.3 is 20.1 Å². The maximum atomic E-state index is 12.1. The average molecular weight is 343 g/mol. The highest BCUT2D eigenvalue weighted by molar-refractivity contribution is 9.10. The molecule has 0 aliphatic carbocycles. The molecule has 0 bridgehead atoms. The zero-order chi connectivity index (χ0) is 14.7. The van der Waals surface area contributed by atoms with Crippen LogP contribution in [0.25, 0.3) is 0 Å². The molecule has 1 fully saturated rings. The van der Waals surface area contributed by atoms with E-state index in [4.69, 9.17) is 9.84 Å². The molecular weight excluding hydrogens is 328 g/mol. The number of carboxylic acid groups (broad SMARTS) is 1. The molecule has 1 aliphatic heterocycles. The van der Waals surface area contributed by atoms with Gasteiger partial charge in [-0.2, -0.15) is 0 Å². The fourth-order valence-electron chi connectivity index (χ4n) is 1.94. The van der Waals surface area contributed by atoms with Gasteiger partial charge in [0.15, 0.2) is 6.10 Å². The smallest absolute Gasteiger partial charge is 0.334 e. The van der Waals surface area contributed by atoms with E-state index in [2.05, 4.69) is 21.2 Å². The van der Waals surface area contributed by atoms with E-state index < -0.39 is 12.1 Å². The molecule has 7 heteroatoms. The lowest BCUT2D eigenvalue weighted by Crippen LogP contribution is -2.49. The Morgan fingerprint density at radius 1 is 1.50 bits per heavy atom. The van der Waals surface area contributed by atoms with Crippen LogP contribution >= 0.6 is 15.9 Å². The normalized spacial score (nSPS) is 18.7. The van der Waals surface area contributed by atoms with E-state index in [-0.39, 0.29) is 19.2 Å². The van der Waals surface area contributed by atoms with Crippen molar-refractivity contribution in [3.05, 3.63) is 28.2 Å². The first kappa shape index (κ1) is 14.8. The van der Waals surface area contributed by atoms with E-state index in [0.29, 0.717) is 12.2 Å². The predicted octanol–water partition coefficient (Wildman–Crippen LogP) is 2.07. The van der Waals surface area contributed by atoms with Crippen LogP contribution in [-0.2, 0) is 9.53 Å². The van der Waals surface area contributed by atoms with E-state index >= 15 is 0 Å². The van der Waals surface area contributed by atoms with Gasteiger partial charge in [0.2, 0.25) is 0 Å². The topological polar surface area (TPSA) is 78.9 Å². The Hall–Kier alpha value is -1.60. The van der Waals surface area contributed by atoms with Crippen molar-refractivity contribution in [1.82, 2.24) is 4.90 Å². The summed E-state index contributed by atoms with van der Waals surface area (Å²) in [6.45, 7) is 2.55. The highest BCUT2D eigenvalue weighted by Gasteiger charge is 2.29. The molecule has 1 heterocycles. The van der Waals surface area contributed by atoms with Gasteiger partial charge in [0, 0.05) is 16.7 Å². The van der Waals surface area contributed by atoms with Crippen LogP contribution < -0.4 is 5.32 Å². The monoisotopic (exact) mass is 342 g/mol. The van der Waals surface area contributed by atoms with Crippen LogP contribution in [0.5, 0.6) is 0 Å². The number of hydrogen-bond donors (Lipinski definition) is 2. The van der Waals surface area contributed by atoms with Crippen LogP contribution in [0.1, 0.15) is 5.56 Å². The number of carboxylic acids is 1. The number of morpholine rings is 1. The average Bonchev–Trinajstić information content (AvgIpc) is 2.42. The number of nitrogens with one attached hydrogen (secondary N) is 1. The number of carbonyl (C=O) groups is 2. The van der Waals surface area contributed by atoms with Crippen LogP contribution in [-0.4, -0.2) is 47.8 Å². The molecule has 108 valence electrons. The van der Waals surface area contributed by atoms with Gasteiger partial charge in [0.05, 0.1) is 13.2 Å². The summed E-state index contributed by atoms with van der Waals surface area (Å²) in [5.41, 5.74) is 1.63. The summed E-state index contributed by atoms with van der Waals surface area (Å²) in [5, 5.41) is 11.7. The third-order valence-corrected chi connectivity index (χ3v) is 3.55. The minimum Gasteiger partial charge on any atom is -0.479 e. The van der Waals surface area contributed by atoms with Gasteiger partial charge in [-0.3, -0.25) is 0 Å². The number of aliphatic carboxylic acids is 1. The van der Waals surface area contributed by atoms with Gasteiger partial charge in [-0.15, -0.1) is 0 Å². The largest absolute Gasteiger partial charge is 0.479 e. The molecule has 1 unspecified atom stereocenters. The van der Waals surface area contributed by atoms with Crippen molar-refractivity contribution in [3.63, 3.8) is 0 Å². The maximum absolute atomic E-state index is 12.1. The van der Waals surface area contributed by atoms with Crippen molar-refractivity contribution in [3.8, 4) is 0 Å². The fraction of sp³-hybridized carbons (Fsp3) is 0.385. The minimum absolute atomic E-state index is 0.0523. The fourth-order valence-corrected chi connectivity index (χ4v) is 2.42.